The van der Waals surface area contributed by atoms with Crippen molar-refractivity contribution in [2.45, 2.75) is 39.3 Å². The number of hydrogen-bond donors (Lipinski definition) is 1. The van der Waals surface area contributed by atoms with E-state index in [2.05, 4.69) is 5.32 Å². The highest BCUT2D eigenvalue weighted by molar-refractivity contribution is 5.97. The summed E-state index contributed by atoms with van der Waals surface area (Å²) in [6.07, 6.45) is 3.15. The number of piperidine rings is 1. The molecule has 1 saturated heterocycles. The minimum absolute atomic E-state index is 0.0550. The summed E-state index contributed by atoms with van der Waals surface area (Å²) in [5.74, 6) is -0.966. The van der Waals surface area contributed by atoms with Crippen LogP contribution in [0.5, 0.6) is 0 Å². The number of fused-ring (bicyclic) bond motifs is 1. The fraction of sp³-hybridized carbons (Fsp3) is 0.348. The molecule has 3 aromatic rings. The number of oxazole rings is 1. The molecule has 0 radical (unpaired) electrons. The fourth-order valence-electron chi connectivity index (χ4n) is 3.73. The summed E-state index contributed by atoms with van der Waals surface area (Å²) in [6, 6.07) is 12.8. The van der Waals surface area contributed by atoms with Gasteiger partial charge in [-0.25, -0.2) is 4.79 Å². The van der Waals surface area contributed by atoms with Crippen molar-refractivity contribution in [2.75, 3.05) is 13.1 Å². The number of aromatic nitrogens is 1. The zero-order valence-electron chi connectivity index (χ0n) is 17.0. The van der Waals surface area contributed by atoms with Crippen LogP contribution in [0.1, 0.15) is 40.7 Å². The Morgan fingerprint density at radius 1 is 1.03 bits per heavy atom. The summed E-state index contributed by atoms with van der Waals surface area (Å²) in [5.41, 5.74) is 3.44. The van der Waals surface area contributed by atoms with Gasteiger partial charge in [0.25, 0.3) is 5.91 Å². The number of rotatable bonds is 5. The summed E-state index contributed by atoms with van der Waals surface area (Å²) in [7, 11) is 0. The molecule has 0 atom stereocenters. The number of carbonyl (C=O) groups is 2. The summed E-state index contributed by atoms with van der Waals surface area (Å²) in [4.78, 5) is 39.3. The monoisotopic (exact) mass is 407 g/mol. The SMILES string of the molecule is Cc1ccc(CNC(=O)Cn2c(=O)oc3ccc(C(=O)N4CCCCC4)cc32)cc1. The van der Waals surface area contributed by atoms with Gasteiger partial charge in [0.05, 0.1) is 5.52 Å². The van der Waals surface area contributed by atoms with Crippen molar-refractivity contribution in [1.29, 1.82) is 0 Å². The lowest BCUT2D eigenvalue weighted by atomic mass is 10.1. The molecule has 1 fully saturated rings. The Bertz CT molecular complexity index is 1120. The van der Waals surface area contributed by atoms with Gasteiger partial charge in [-0.15, -0.1) is 0 Å². The minimum atomic E-state index is -0.613. The average molecular weight is 407 g/mol. The van der Waals surface area contributed by atoms with Crippen LogP contribution in [0, 0.1) is 6.92 Å². The van der Waals surface area contributed by atoms with Crippen LogP contribution in [0.4, 0.5) is 0 Å². The maximum Gasteiger partial charge on any atom is 0.420 e. The van der Waals surface area contributed by atoms with Gasteiger partial charge in [0.1, 0.15) is 6.54 Å². The van der Waals surface area contributed by atoms with E-state index in [9.17, 15) is 14.4 Å². The van der Waals surface area contributed by atoms with Crippen LogP contribution in [-0.4, -0.2) is 34.4 Å². The van der Waals surface area contributed by atoms with E-state index in [-0.39, 0.29) is 18.4 Å². The molecule has 2 heterocycles. The second kappa shape index (κ2) is 8.57. The Balaban J connectivity index is 1.50. The predicted octanol–water partition coefficient (Wildman–Crippen LogP) is 2.85. The molecule has 7 nitrogen and oxygen atoms in total. The molecule has 0 aliphatic carbocycles. The Labute approximate surface area is 174 Å². The van der Waals surface area contributed by atoms with Crippen molar-refractivity contribution in [3.8, 4) is 0 Å². The highest BCUT2D eigenvalue weighted by Gasteiger charge is 2.20. The van der Waals surface area contributed by atoms with Crippen molar-refractivity contribution in [1.82, 2.24) is 14.8 Å². The number of amides is 2. The van der Waals surface area contributed by atoms with E-state index < -0.39 is 5.76 Å². The second-order valence-electron chi connectivity index (χ2n) is 7.75. The van der Waals surface area contributed by atoms with Crippen LogP contribution >= 0.6 is 0 Å². The molecule has 30 heavy (non-hydrogen) atoms. The smallest absolute Gasteiger partial charge is 0.408 e. The molecule has 0 spiro atoms. The maximum absolute atomic E-state index is 12.8. The molecular formula is C23H25N3O4. The largest absolute Gasteiger partial charge is 0.420 e. The van der Waals surface area contributed by atoms with Gasteiger partial charge in [-0.05, 0) is 49.9 Å². The third-order valence-corrected chi connectivity index (χ3v) is 5.47. The molecule has 2 amide bonds. The van der Waals surface area contributed by atoms with Gasteiger partial charge < -0.3 is 14.6 Å². The van der Waals surface area contributed by atoms with Gasteiger partial charge in [-0.2, -0.15) is 0 Å². The van der Waals surface area contributed by atoms with Crippen LogP contribution in [0.25, 0.3) is 11.1 Å². The number of aryl methyl sites for hydroxylation is 1. The number of likely N-dealkylation sites (tertiary alicyclic amines) is 1. The number of benzene rings is 2. The summed E-state index contributed by atoms with van der Waals surface area (Å²) in [6.45, 7) is 3.71. The van der Waals surface area contributed by atoms with Gasteiger partial charge >= 0.3 is 5.76 Å². The molecule has 156 valence electrons. The lowest BCUT2D eigenvalue weighted by Gasteiger charge is -2.26. The van der Waals surface area contributed by atoms with Gasteiger partial charge in [0, 0.05) is 25.2 Å². The van der Waals surface area contributed by atoms with Gasteiger partial charge in [-0.1, -0.05) is 29.8 Å². The Morgan fingerprint density at radius 3 is 2.50 bits per heavy atom. The molecule has 1 N–H and O–H groups in total. The number of carbonyl (C=O) groups excluding carboxylic acids is 2. The summed E-state index contributed by atoms with van der Waals surface area (Å²) >= 11 is 0. The predicted molar refractivity (Wildman–Crippen MR) is 113 cm³/mol. The van der Waals surface area contributed by atoms with Gasteiger partial charge in [-0.3, -0.25) is 14.2 Å². The van der Waals surface area contributed by atoms with Gasteiger partial charge in [0.2, 0.25) is 5.91 Å². The molecule has 1 aliphatic heterocycles. The molecule has 1 aromatic heterocycles. The average Bonchev–Trinajstić information content (AvgIpc) is 3.07. The second-order valence-corrected chi connectivity index (χ2v) is 7.75. The van der Waals surface area contributed by atoms with Gasteiger partial charge in [0.15, 0.2) is 5.58 Å². The van der Waals surface area contributed by atoms with Crippen LogP contribution in [0.2, 0.25) is 0 Å². The first-order valence-corrected chi connectivity index (χ1v) is 10.3. The topological polar surface area (TPSA) is 84.5 Å². The van der Waals surface area contributed by atoms with Crippen LogP contribution in [0.15, 0.2) is 51.7 Å². The number of nitrogens with zero attached hydrogens (tertiary/aromatic N) is 2. The lowest BCUT2D eigenvalue weighted by Crippen LogP contribution is -2.35. The van der Waals surface area contributed by atoms with E-state index in [4.69, 9.17) is 4.42 Å². The molecule has 0 unspecified atom stereocenters. The molecular weight excluding hydrogens is 382 g/mol. The van der Waals surface area contributed by atoms with Crippen molar-refractivity contribution in [3.63, 3.8) is 0 Å². The van der Waals surface area contributed by atoms with Crippen LogP contribution in [-0.2, 0) is 17.9 Å². The number of nitrogens with one attached hydrogen (secondary N) is 1. The third kappa shape index (κ3) is 4.30. The standard InChI is InChI=1S/C23H25N3O4/c1-16-5-7-17(8-6-16)14-24-21(27)15-26-19-13-18(9-10-20(19)30-23(26)29)22(28)25-11-3-2-4-12-25/h5-10,13H,2-4,11-12,14-15H2,1H3,(H,24,27). The number of hydrogen-bond acceptors (Lipinski definition) is 4. The van der Waals surface area contributed by atoms with Crippen molar-refractivity contribution < 1.29 is 14.0 Å². The van der Waals surface area contributed by atoms with E-state index in [1.54, 1.807) is 18.2 Å². The Morgan fingerprint density at radius 2 is 1.77 bits per heavy atom. The molecule has 4 rings (SSSR count). The zero-order chi connectivity index (χ0) is 21.1. The highest BCUT2D eigenvalue weighted by Crippen LogP contribution is 2.18. The molecule has 0 bridgehead atoms. The van der Waals surface area contributed by atoms with Crippen LogP contribution < -0.4 is 11.1 Å². The first kappa shape index (κ1) is 19.9. The highest BCUT2D eigenvalue weighted by atomic mass is 16.4. The molecule has 2 aromatic carbocycles. The van der Waals surface area contributed by atoms with Crippen molar-refractivity contribution >= 4 is 22.9 Å². The quantitative estimate of drug-likeness (QED) is 0.705. The van der Waals surface area contributed by atoms with Crippen molar-refractivity contribution in [3.05, 3.63) is 69.7 Å². The van der Waals surface area contributed by atoms with E-state index in [1.165, 1.54) is 4.57 Å². The van der Waals surface area contributed by atoms with E-state index >= 15 is 0 Å². The summed E-state index contributed by atoms with van der Waals surface area (Å²) in [5, 5.41) is 2.82. The van der Waals surface area contributed by atoms with E-state index in [1.807, 2.05) is 36.1 Å². The molecule has 0 saturated carbocycles. The summed E-state index contributed by atoms with van der Waals surface area (Å²) < 4.78 is 6.53. The first-order chi connectivity index (χ1) is 14.5. The minimum Gasteiger partial charge on any atom is -0.408 e. The molecule has 7 heteroatoms. The zero-order valence-corrected chi connectivity index (χ0v) is 17.0. The Kier molecular flexibility index (Phi) is 5.70. The Hall–Kier alpha value is -3.35. The third-order valence-electron chi connectivity index (χ3n) is 5.47. The first-order valence-electron chi connectivity index (χ1n) is 10.3. The van der Waals surface area contributed by atoms with E-state index in [0.29, 0.717) is 23.2 Å². The maximum atomic E-state index is 12.8. The molecule has 1 aliphatic rings. The normalized spacial score (nSPS) is 14.1. The van der Waals surface area contributed by atoms with Crippen molar-refractivity contribution in [2.24, 2.45) is 0 Å². The van der Waals surface area contributed by atoms with E-state index in [0.717, 1.165) is 43.5 Å². The van der Waals surface area contributed by atoms with Crippen LogP contribution in [0.3, 0.4) is 0 Å². The fourth-order valence-corrected chi connectivity index (χ4v) is 3.73. The lowest BCUT2D eigenvalue weighted by molar-refractivity contribution is -0.121.